The molecule has 0 radical (unpaired) electrons. The SMILES string of the molecule is CCN(C)c1ccc(C#N)cc1C. The number of nitriles is 1. The van der Waals surface area contributed by atoms with Crippen molar-refractivity contribution in [2.75, 3.05) is 18.5 Å². The van der Waals surface area contributed by atoms with E-state index in [1.807, 2.05) is 32.2 Å². The van der Waals surface area contributed by atoms with Crippen molar-refractivity contribution in [3.05, 3.63) is 29.3 Å². The largest absolute Gasteiger partial charge is 0.375 e. The zero-order chi connectivity index (χ0) is 9.84. The smallest absolute Gasteiger partial charge is 0.0991 e. The highest BCUT2D eigenvalue weighted by molar-refractivity contribution is 5.55. The fourth-order valence-electron chi connectivity index (χ4n) is 1.32. The van der Waals surface area contributed by atoms with Crippen LogP contribution in [0.25, 0.3) is 0 Å². The minimum absolute atomic E-state index is 0.728. The van der Waals surface area contributed by atoms with E-state index in [9.17, 15) is 0 Å². The van der Waals surface area contributed by atoms with Crippen LogP contribution < -0.4 is 4.90 Å². The average molecular weight is 174 g/mol. The molecule has 68 valence electrons. The highest BCUT2D eigenvalue weighted by Gasteiger charge is 2.02. The molecule has 1 aromatic carbocycles. The average Bonchev–Trinajstić information content (AvgIpc) is 2.16. The van der Waals surface area contributed by atoms with Gasteiger partial charge in [0.15, 0.2) is 0 Å². The van der Waals surface area contributed by atoms with Crippen LogP contribution in [0.3, 0.4) is 0 Å². The number of hydrogen-bond donors (Lipinski definition) is 0. The monoisotopic (exact) mass is 174 g/mol. The Labute approximate surface area is 79.4 Å². The maximum atomic E-state index is 8.69. The lowest BCUT2D eigenvalue weighted by Gasteiger charge is -2.19. The predicted octanol–water partition coefficient (Wildman–Crippen LogP) is 2.32. The van der Waals surface area contributed by atoms with Crippen LogP contribution >= 0.6 is 0 Å². The first-order chi connectivity index (χ1) is 6.19. The van der Waals surface area contributed by atoms with Crippen molar-refractivity contribution in [1.82, 2.24) is 0 Å². The second-order valence-electron chi connectivity index (χ2n) is 3.13. The summed E-state index contributed by atoms with van der Waals surface area (Å²) in [6.45, 7) is 5.12. The van der Waals surface area contributed by atoms with Crippen LogP contribution in [0.5, 0.6) is 0 Å². The molecule has 13 heavy (non-hydrogen) atoms. The summed E-state index contributed by atoms with van der Waals surface area (Å²) in [7, 11) is 2.05. The van der Waals surface area contributed by atoms with Gasteiger partial charge in [-0.05, 0) is 37.6 Å². The van der Waals surface area contributed by atoms with E-state index in [4.69, 9.17) is 5.26 Å². The van der Waals surface area contributed by atoms with Gasteiger partial charge in [0.05, 0.1) is 11.6 Å². The summed E-state index contributed by atoms with van der Waals surface area (Å²) >= 11 is 0. The van der Waals surface area contributed by atoms with Gasteiger partial charge < -0.3 is 4.90 Å². The molecule has 0 atom stereocenters. The highest BCUT2D eigenvalue weighted by atomic mass is 15.1. The lowest BCUT2D eigenvalue weighted by atomic mass is 10.1. The summed E-state index contributed by atoms with van der Waals surface area (Å²) in [5.74, 6) is 0. The molecule has 0 unspecified atom stereocenters. The third kappa shape index (κ3) is 2.00. The van der Waals surface area contributed by atoms with Crippen LogP contribution in [-0.2, 0) is 0 Å². The Morgan fingerprint density at radius 1 is 1.46 bits per heavy atom. The Morgan fingerprint density at radius 2 is 2.15 bits per heavy atom. The number of benzene rings is 1. The van der Waals surface area contributed by atoms with Crippen molar-refractivity contribution >= 4 is 5.69 Å². The summed E-state index contributed by atoms with van der Waals surface area (Å²) in [6, 6.07) is 7.90. The Bertz CT molecular complexity index is 336. The first-order valence-electron chi connectivity index (χ1n) is 4.41. The van der Waals surface area contributed by atoms with Gasteiger partial charge in [0, 0.05) is 19.3 Å². The molecule has 0 aliphatic carbocycles. The van der Waals surface area contributed by atoms with Crippen LogP contribution in [0.2, 0.25) is 0 Å². The zero-order valence-electron chi connectivity index (χ0n) is 8.33. The van der Waals surface area contributed by atoms with Gasteiger partial charge in [-0.2, -0.15) is 5.26 Å². The Balaban J connectivity index is 3.07. The van der Waals surface area contributed by atoms with Crippen LogP contribution in [-0.4, -0.2) is 13.6 Å². The number of hydrogen-bond acceptors (Lipinski definition) is 2. The molecule has 0 aliphatic rings. The molecule has 0 saturated heterocycles. The third-order valence-corrected chi connectivity index (χ3v) is 2.21. The summed E-state index contributed by atoms with van der Waals surface area (Å²) in [4.78, 5) is 2.16. The van der Waals surface area contributed by atoms with E-state index in [-0.39, 0.29) is 0 Å². The molecule has 0 N–H and O–H groups in total. The van der Waals surface area contributed by atoms with E-state index < -0.39 is 0 Å². The molecule has 0 spiro atoms. The van der Waals surface area contributed by atoms with E-state index in [1.54, 1.807) is 0 Å². The molecule has 0 amide bonds. The molecule has 0 bridgehead atoms. The van der Waals surface area contributed by atoms with Gasteiger partial charge in [0.1, 0.15) is 0 Å². The first kappa shape index (κ1) is 9.60. The Kier molecular flexibility index (Phi) is 2.92. The quantitative estimate of drug-likeness (QED) is 0.688. The molecule has 2 heteroatoms. The van der Waals surface area contributed by atoms with Gasteiger partial charge in [0.25, 0.3) is 0 Å². The van der Waals surface area contributed by atoms with E-state index >= 15 is 0 Å². The fourth-order valence-corrected chi connectivity index (χ4v) is 1.32. The maximum Gasteiger partial charge on any atom is 0.0991 e. The van der Waals surface area contributed by atoms with Crippen molar-refractivity contribution in [1.29, 1.82) is 5.26 Å². The number of nitrogens with zero attached hydrogens (tertiary/aromatic N) is 2. The normalized spacial score (nSPS) is 9.38. The minimum atomic E-state index is 0.728. The maximum absolute atomic E-state index is 8.69. The van der Waals surface area contributed by atoms with Crippen molar-refractivity contribution in [2.24, 2.45) is 0 Å². The molecule has 0 heterocycles. The summed E-state index contributed by atoms with van der Waals surface area (Å²) in [5, 5.41) is 8.69. The summed E-state index contributed by atoms with van der Waals surface area (Å²) in [6.07, 6.45) is 0. The molecule has 0 aliphatic heterocycles. The molecule has 0 saturated carbocycles. The number of aryl methyl sites for hydroxylation is 1. The van der Waals surface area contributed by atoms with Crippen LogP contribution in [0.1, 0.15) is 18.1 Å². The van der Waals surface area contributed by atoms with E-state index in [2.05, 4.69) is 17.9 Å². The fraction of sp³-hybridized carbons (Fsp3) is 0.364. The Hall–Kier alpha value is -1.49. The van der Waals surface area contributed by atoms with Crippen LogP contribution in [0.4, 0.5) is 5.69 Å². The summed E-state index contributed by atoms with van der Waals surface area (Å²) in [5.41, 5.74) is 3.08. The topological polar surface area (TPSA) is 27.0 Å². The van der Waals surface area contributed by atoms with Crippen molar-refractivity contribution < 1.29 is 0 Å². The van der Waals surface area contributed by atoms with Gasteiger partial charge in [-0.15, -0.1) is 0 Å². The predicted molar refractivity (Wildman–Crippen MR) is 54.8 cm³/mol. The van der Waals surface area contributed by atoms with E-state index in [1.165, 1.54) is 5.69 Å². The van der Waals surface area contributed by atoms with Crippen LogP contribution in [0, 0.1) is 18.3 Å². The lowest BCUT2D eigenvalue weighted by molar-refractivity contribution is 0.961. The van der Waals surface area contributed by atoms with Gasteiger partial charge in [0.2, 0.25) is 0 Å². The molecule has 0 aromatic heterocycles. The van der Waals surface area contributed by atoms with E-state index in [0.717, 1.165) is 17.7 Å². The lowest BCUT2D eigenvalue weighted by Crippen LogP contribution is -2.16. The van der Waals surface area contributed by atoms with Gasteiger partial charge in [-0.25, -0.2) is 0 Å². The minimum Gasteiger partial charge on any atom is -0.375 e. The molecule has 2 nitrogen and oxygen atoms in total. The Morgan fingerprint density at radius 3 is 2.62 bits per heavy atom. The van der Waals surface area contributed by atoms with Crippen molar-refractivity contribution in [2.45, 2.75) is 13.8 Å². The van der Waals surface area contributed by atoms with Crippen molar-refractivity contribution in [3.63, 3.8) is 0 Å². The molecule has 0 fully saturated rings. The number of rotatable bonds is 2. The molecule has 1 aromatic rings. The molecular formula is C11H14N2. The third-order valence-electron chi connectivity index (χ3n) is 2.21. The molecule has 1 rings (SSSR count). The standard InChI is InChI=1S/C11H14N2/c1-4-13(3)11-6-5-10(8-12)7-9(11)2/h5-7H,4H2,1-3H3. The van der Waals surface area contributed by atoms with Gasteiger partial charge in [-0.1, -0.05) is 0 Å². The van der Waals surface area contributed by atoms with Gasteiger partial charge >= 0.3 is 0 Å². The number of anilines is 1. The van der Waals surface area contributed by atoms with Crippen molar-refractivity contribution in [3.8, 4) is 6.07 Å². The summed E-state index contributed by atoms with van der Waals surface area (Å²) < 4.78 is 0. The first-order valence-corrected chi connectivity index (χ1v) is 4.41. The molecular weight excluding hydrogens is 160 g/mol. The van der Waals surface area contributed by atoms with Gasteiger partial charge in [-0.3, -0.25) is 0 Å². The second kappa shape index (κ2) is 3.95. The van der Waals surface area contributed by atoms with E-state index in [0.29, 0.717) is 0 Å². The highest BCUT2D eigenvalue weighted by Crippen LogP contribution is 2.19. The second-order valence-corrected chi connectivity index (χ2v) is 3.13. The van der Waals surface area contributed by atoms with Crippen LogP contribution in [0.15, 0.2) is 18.2 Å². The zero-order valence-corrected chi connectivity index (χ0v) is 8.33.